The molecule has 4 heterocycles. The number of rotatable bonds is 22. The van der Waals surface area contributed by atoms with Crippen molar-refractivity contribution in [3.63, 3.8) is 0 Å². The molecule has 4 saturated heterocycles. The second kappa shape index (κ2) is 37.8. The number of benzene rings is 6. The van der Waals surface area contributed by atoms with Gasteiger partial charge in [0.05, 0.1) is 53.4 Å². The number of hydrogen-bond donors (Lipinski definition) is 6. The zero-order valence-electron chi connectivity index (χ0n) is 57.3. The largest absolute Gasteiger partial charge is 0.542 e. The molecule has 2 atom stereocenters. The number of aliphatic hydroxyl groups is 2. The Kier molecular flexibility index (Phi) is 30.1. The highest BCUT2D eigenvalue weighted by atomic mass is 19.4. The van der Waals surface area contributed by atoms with Gasteiger partial charge in [0, 0.05) is 165 Å². The monoisotopic (exact) mass is 1400 g/mol. The fourth-order valence-electron chi connectivity index (χ4n) is 12.7. The first-order chi connectivity index (χ1) is 47.5. The van der Waals surface area contributed by atoms with Crippen molar-refractivity contribution in [1.82, 2.24) is 40.9 Å². The molecule has 6 aromatic rings. The maximum atomic E-state index is 15.0. The van der Waals surface area contributed by atoms with E-state index in [-0.39, 0.29) is 36.7 Å². The molecule has 0 unspecified atom stereocenters. The second-order valence-corrected chi connectivity index (χ2v) is 26.8. The van der Waals surface area contributed by atoms with E-state index in [9.17, 15) is 54.9 Å². The Hall–Kier alpha value is -7.76. The number of alkyl halides is 6. The van der Waals surface area contributed by atoms with Crippen LogP contribution < -0.4 is 31.5 Å². The topological polar surface area (TPSA) is 216 Å². The molecular weight excluding hydrogens is 1310 g/mol. The van der Waals surface area contributed by atoms with Gasteiger partial charge in [-0.1, -0.05) is 72.8 Å². The van der Waals surface area contributed by atoms with Crippen molar-refractivity contribution in [2.45, 2.75) is 90.4 Å². The number of carboxylic acids is 2. The number of aliphatic hydroxyl groups excluding tert-OH is 2. The van der Waals surface area contributed by atoms with E-state index in [1.807, 2.05) is 72.8 Å². The normalized spacial score (nSPS) is 18.2. The molecule has 544 valence electrons. The number of halogens is 8. The van der Waals surface area contributed by atoms with E-state index in [1.54, 1.807) is 12.1 Å². The molecule has 100 heavy (non-hydrogen) atoms. The number of amides is 2. The molecule has 0 aromatic heterocycles. The van der Waals surface area contributed by atoms with E-state index in [4.69, 9.17) is 19.8 Å². The number of likely N-dealkylation sites (N-methyl/N-ethyl adjacent to an activating group) is 2. The standard InChI is InChI=1S/2C35H46FN5O2.2C2HF3O2/c2*1-27-24-40(13-12-37-27)26-29-6-3-8-31(20-29)33-22-28(10-11-34(33)36)23-38-35(43)32-9-4-7-30(21-32)25-39-14-17-41(2,18-15-39)16-5-19-42;2*3-2(4,5)1(6)7/h2*3-4,6-11,20-22,27,37,42H,5,12-19,23-26H2,1-2H3;2*(H,6,7)/t2*27-;;/m00../s1. The van der Waals surface area contributed by atoms with E-state index >= 15 is 0 Å². The van der Waals surface area contributed by atoms with E-state index in [0.717, 1.165) is 186 Å². The number of piperazine rings is 4. The summed E-state index contributed by atoms with van der Waals surface area (Å²) in [5.41, 5.74) is 10.4. The highest BCUT2D eigenvalue weighted by molar-refractivity contribution is 5.95. The Morgan fingerprint density at radius 3 is 1.14 bits per heavy atom. The van der Waals surface area contributed by atoms with Gasteiger partial charge in [-0.05, 0) is 119 Å². The molecule has 0 saturated carbocycles. The number of carbonyl (C=O) groups excluding carboxylic acids is 4. The predicted molar refractivity (Wildman–Crippen MR) is 362 cm³/mol. The lowest BCUT2D eigenvalue weighted by Crippen LogP contribution is -2.57. The van der Waals surface area contributed by atoms with Gasteiger partial charge < -0.3 is 60.2 Å². The van der Waals surface area contributed by atoms with Crippen LogP contribution in [0.25, 0.3) is 22.3 Å². The summed E-state index contributed by atoms with van der Waals surface area (Å²) in [5.74, 6) is -6.80. The molecule has 0 bridgehead atoms. The third-order valence-corrected chi connectivity index (χ3v) is 18.4. The highest BCUT2D eigenvalue weighted by Crippen LogP contribution is 2.29. The zero-order chi connectivity index (χ0) is 72.6. The Bertz CT molecular complexity index is 3390. The fraction of sp³-hybridized carbons (Fsp3) is 0.459. The van der Waals surface area contributed by atoms with Crippen molar-refractivity contribution < 1.29 is 83.7 Å². The van der Waals surface area contributed by atoms with Crippen molar-refractivity contribution in [2.75, 3.05) is 132 Å². The summed E-state index contributed by atoms with van der Waals surface area (Å²) < 4.78 is 95.1. The number of quaternary nitrogens is 2. The molecule has 6 N–H and O–H groups in total. The minimum atomic E-state index is -5.19. The van der Waals surface area contributed by atoms with Crippen LogP contribution >= 0.6 is 0 Å². The number of aliphatic carboxylic acids is 2. The van der Waals surface area contributed by atoms with Gasteiger partial charge >= 0.3 is 12.4 Å². The van der Waals surface area contributed by atoms with Crippen LogP contribution in [-0.4, -0.2) is 219 Å². The molecular formula is C74H94F8N10O8. The molecule has 18 nitrogen and oxygen atoms in total. The minimum Gasteiger partial charge on any atom is -0.542 e. The highest BCUT2D eigenvalue weighted by Gasteiger charge is 2.32. The molecule has 4 aliphatic rings. The van der Waals surface area contributed by atoms with Gasteiger partial charge in [-0.15, -0.1) is 0 Å². The van der Waals surface area contributed by atoms with Crippen LogP contribution in [0.15, 0.2) is 133 Å². The average molecular weight is 1400 g/mol. The van der Waals surface area contributed by atoms with E-state index < -0.39 is 24.3 Å². The third-order valence-electron chi connectivity index (χ3n) is 18.4. The molecule has 0 spiro atoms. The van der Waals surface area contributed by atoms with Gasteiger partial charge in [0.25, 0.3) is 11.8 Å². The Balaban J connectivity index is 0.000000236. The van der Waals surface area contributed by atoms with Gasteiger partial charge in [-0.2, -0.15) is 26.3 Å². The number of hydrogen-bond acceptors (Lipinski definition) is 14. The molecule has 4 aliphatic heterocycles. The van der Waals surface area contributed by atoms with Gasteiger partial charge in [0.1, 0.15) is 23.6 Å². The lowest BCUT2D eigenvalue weighted by Gasteiger charge is -2.42. The molecule has 4 fully saturated rings. The van der Waals surface area contributed by atoms with Gasteiger partial charge in [-0.3, -0.25) is 29.2 Å². The second-order valence-electron chi connectivity index (χ2n) is 26.8. The third kappa shape index (κ3) is 26.0. The van der Waals surface area contributed by atoms with Crippen LogP contribution in [-0.2, 0) is 48.9 Å². The summed E-state index contributed by atoms with van der Waals surface area (Å²) >= 11 is 0. The number of carbonyl (C=O) groups is 4. The van der Waals surface area contributed by atoms with Crippen molar-refractivity contribution in [1.29, 1.82) is 0 Å². The predicted octanol–water partition coefficient (Wildman–Crippen LogP) is 6.32. The summed E-state index contributed by atoms with van der Waals surface area (Å²) in [4.78, 5) is 53.5. The number of nitrogens with zero attached hydrogens (tertiary/aromatic N) is 6. The van der Waals surface area contributed by atoms with Crippen LogP contribution in [0.2, 0.25) is 0 Å². The zero-order valence-corrected chi connectivity index (χ0v) is 57.3. The maximum Gasteiger partial charge on any atom is 0.430 e. The summed E-state index contributed by atoms with van der Waals surface area (Å²) in [6, 6.07) is 43.1. The SMILES string of the molecule is C[C@H]1CN(Cc2cccc(-c3cc(CNC(=O)c4cccc(CN5CC[N+](C)(CCCO)CC5)c4)ccc3F)c2)CCN1.C[C@H]1CN(Cc2cccc(-c3cc(CNC(=O)c4cccc(CN5CC[N+](C)(CCCO)CC5)c4)ccc3F)c2)CCN1.O=C([O-])C(F)(F)F.O=C([O-])C(F)(F)F. The van der Waals surface area contributed by atoms with Crippen molar-refractivity contribution in [3.05, 3.63) is 190 Å². The van der Waals surface area contributed by atoms with Gasteiger partial charge in [0.2, 0.25) is 0 Å². The van der Waals surface area contributed by atoms with Crippen LogP contribution in [0.4, 0.5) is 35.1 Å². The lowest BCUT2D eigenvalue weighted by atomic mass is 10.00. The van der Waals surface area contributed by atoms with Crippen molar-refractivity contribution in [2.24, 2.45) is 0 Å². The van der Waals surface area contributed by atoms with E-state index in [1.165, 1.54) is 23.3 Å². The van der Waals surface area contributed by atoms with Crippen molar-refractivity contribution in [3.8, 4) is 22.3 Å². The van der Waals surface area contributed by atoms with Crippen LogP contribution in [0.5, 0.6) is 0 Å². The van der Waals surface area contributed by atoms with Gasteiger partial charge in [0.15, 0.2) is 0 Å². The van der Waals surface area contributed by atoms with E-state index in [0.29, 0.717) is 47.4 Å². The summed E-state index contributed by atoms with van der Waals surface area (Å²) in [5, 5.41) is 49.0. The molecule has 0 radical (unpaired) electrons. The van der Waals surface area contributed by atoms with Gasteiger partial charge in [-0.25, -0.2) is 8.78 Å². The molecule has 0 aliphatic carbocycles. The van der Waals surface area contributed by atoms with Crippen LogP contribution in [0, 0.1) is 11.6 Å². The summed E-state index contributed by atoms with van der Waals surface area (Å²) in [6.45, 7) is 25.2. The molecule has 26 heteroatoms. The minimum absolute atomic E-state index is 0.133. The lowest BCUT2D eigenvalue weighted by molar-refractivity contribution is -0.914. The number of carboxylic acid groups (broad SMARTS) is 2. The number of nitrogens with one attached hydrogen (secondary N) is 4. The first-order valence-corrected chi connectivity index (χ1v) is 33.8. The van der Waals surface area contributed by atoms with Crippen LogP contribution in [0.1, 0.15) is 80.8 Å². The summed E-state index contributed by atoms with van der Waals surface area (Å²) in [7, 11) is 4.54. The molecule has 2 amide bonds. The Labute approximate surface area is 580 Å². The Morgan fingerprint density at radius 1 is 0.480 bits per heavy atom. The fourth-order valence-corrected chi connectivity index (χ4v) is 12.7. The quantitative estimate of drug-likeness (QED) is 0.0324. The smallest absolute Gasteiger partial charge is 0.430 e. The average Bonchev–Trinajstić information content (AvgIpc) is 0.835. The summed E-state index contributed by atoms with van der Waals surface area (Å²) in [6.07, 6.45) is -8.70. The van der Waals surface area contributed by atoms with E-state index in [2.05, 4.69) is 105 Å². The first-order valence-electron chi connectivity index (χ1n) is 33.8. The molecule has 6 aromatic carbocycles. The van der Waals surface area contributed by atoms with Crippen molar-refractivity contribution >= 4 is 23.8 Å². The Morgan fingerprint density at radius 2 is 0.810 bits per heavy atom. The maximum absolute atomic E-state index is 15.0. The van der Waals surface area contributed by atoms with Crippen LogP contribution in [0.3, 0.4) is 0 Å². The first kappa shape index (κ1) is 79.6. The molecule has 10 rings (SSSR count).